The number of aromatic nitrogens is 3. The number of hydrogen-bond donors (Lipinski definition) is 0. The molecule has 0 saturated heterocycles. The molecule has 4 heteroatoms. The van der Waals surface area contributed by atoms with Crippen molar-refractivity contribution in [3.8, 4) is 0 Å². The van der Waals surface area contributed by atoms with Gasteiger partial charge >= 0.3 is 0 Å². The van der Waals surface area contributed by atoms with Crippen molar-refractivity contribution in [1.82, 2.24) is 14.3 Å². The number of rotatable bonds is 6. The van der Waals surface area contributed by atoms with Gasteiger partial charge in [0, 0.05) is 13.6 Å². The lowest BCUT2D eigenvalue weighted by molar-refractivity contribution is 0.524. The van der Waals surface area contributed by atoms with Crippen LogP contribution in [0.25, 0.3) is 0 Å². The van der Waals surface area contributed by atoms with Gasteiger partial charge in [0.1, 0.15) is 5.82 Å². The summed E-state index contributed by atoms with van der Waals surface area (Å²) in [7, 11) is 1.97. The van der Waals surface area contributed by atoms with Crippen LogP contribution in [0.5, 0.6) is 0 Å². The SMILES string of the molecule is CCCCCCCn1nc(C)n(C)c1=S. The molecule has 0 radical (unpaired) electrons. The summed E-state index contributed by atoms with van der Waals surface area (Å²) in [6, 6.07) is 0. The van der Waals surface area contributed by atoms with E-state index < -0.39 is 0 Å². The maximum Gasteiger partial charge on any atom is 0.197 e. The van der Waals surface area contributed by atoms with Crippen LogP contribution in [0.3, 0.4) is 0 Å². The van der Waals surface area contributed by atoms with Gasteiger partial charge in [-0.3, -0.25) is 0 Å². The molecule has 0 atom stereocenters. The first-order chi connectivity index (χ1) is 7.16. The van der Waals surface area contributed by atoms with Crippen molar-refractivity contribution in [3.63, 3.8) is 0 Å². The Morgan fingerprint density at radius 1 is 1.20 bits per heavy atom. The van der Waals surface area contributed by atoms with Gasteiger partial charge in [-0.05, 0) is 25.6 Å². The molecule has 0 N–H and O–H groups in total. The lowest BCUT2D eigenvalue weighted by Gasteiger charge is -2.00. The number of unbranched alkanes of at least 4 members (excludes halogenated alkanes) is 4. The van der Waals surface area contributed by atoms with Crippen LogP contribution in [-0.4, -0.2) is 14.3 Å². The monoisotopic (exact) mass is 227 g/mol. The molecule has 0 aliphatic carbocycles. The predicted octanol–water partition coefficient (Wildman–Crippen LogP) is 3.23. The van der Waals surface area contributed by atoms with E-state index >= 15 is 0 Å². The summed E-state index contributed by atoms with van der Waals surface area (Å²) >= 11 is 5.28. The molecule has 1 heterocycles. The Labute approximate surface area is 97.1 Å². The molecule has 0 unspecified atom stereocenters. The second-order valence-corrected chi connectivity index (χ2v) is 4.39. The highest BCUT2D eigenvalue weighted by atomic mass is 32.1. The third kappa shape index (κ3) is 3.45. The molecule has 3 nitrogen and oxygen atoms in total. The fraction of sp³-hybridized carbons (Fsp3) is 0.818. The highest BCUT2D eigenvalue weighted by molar-refractivity contribution is 7.71. The van der Waals surface area contributed by atoms with Crippen LogP contribution >= 0.6 is 12.2 Å². The molecule has 0 amide bonds. The Balaban J connectivity index is 2.38. The summed E-state index contributed by atoms with van der Waals surface area (Å²) in [5.74, 6) is 0.994. The van der Waals surface area contributed by atoms with Crippen LogP contribution in [0.15, 0.2) is 0 Å². The van der Waals surface area contributed by atoms with Crippen molar-refractivity contribution in [2.75, 3.05) is 0 Å². The summed E-state index contributed by atoms with van der Waals surface area (Å²) in [4.78, 5) is 0. The van der Waals surface area contributed by atoms with Gasteiger partial charge in [0.05, 0.1) is 0 Å². The van der Waals surface area contributed by atoms with Crippen molar-refractivity contribution in [3.05, 3.63) is 10.6 Å². The van der Waals surface area contributed by atoms with Crippen molar-refractivity contribution in [2.45, 2.75) is 52.5 Å². The Hall–Kier alpha value is -0.640. The average molecular weight is 227 g/mol. The molecule has 15 heavy (non-hydrogen) atoms. The maximum atomic E-state index is 5.28. The molecule has 0 saturated carbocycles. The first kappa shape index (κ1) is 12.4. The molecular weight excluding hydrogens is 206 g/mol. The largest absolute Gasteiger partial charge is 0.307 e. The molecule has 1 aromatic rings. The van der Waals surface area contributed by atoms with Crippen molar-refractivity contribution >= 4 is 12.2 Å². The first-order valence-electron chi connectivity index (χ1n) is 5.77. The molecular formula is C11H21N3S. The van der Waals surface area contributed by atoms with Gasteiger partial charge in [-0.2, -0.15) is 5.10 Å². The highest BCUT2D eigenvalue weighted by Crippen LogP contribution is 2.05. The van der Waals surface area contributed by atoms with E-state index in [1.165, 1.54) is 32.1 Å². The van der Waals surface area contributed by atoms with Gasteiger partial charge in [0.25, 0.3) is 0 Å². The maximum absolute atomic E-state index is 5.28. The minimum atomic E-state index is 0.836. The third-order valence-electron chi connectivity index (χ3n) is 2.73. The van der Waals surface area contributed by atoms with Crippen LogP contribution in [0.2, 0.25) is 0 Å². The average Bonchev–Trinajstić information content (AvgIpc) is 2.46. The standard InChI is InChI=1S/C11H21N3S/c1-4-5-6-7-8-9-14-11(15)13(3)10(2)12-14/h4-9H2,1-3H3. The van der Waals surface area contributed by atoms with E-state index in [1.54, 1.807) is 0 Å². The van der Waals surface area contributed by atoms with Crippen LogP contribution in [-0.2, 0) is 13.6 Å². The van der Waals surface area contributed by atoms with Crippen LogP contribution in [0.4, 0.5) is 0 Å². The number of nitrogens with zero attached hydrogens (tertiary/aromatic N) is 3. The van der Waals surface area contributed by atoms with E-state index in [9.17, 15) is 0 Å². The molecule has 1 aromatic heterocycles. The summed E-state index contributed by atoms with van der Waals surface area (Å²) in [5, 5.41) is 4.40. The van der Waals surface area contributed by atoms with E-state index in [1.807, 2.05) is 23.2 Å². The molecule has 86 valence electrons. The molecule has 0 aliphatic rings. The van der Waals surface area contributed by atoms with E-state index in [-0.39, 0.29) is 0 Å². The van der Waals surface area contributed by atoms with Gasteiger partial charge in [-0.15, -0.1) is 0 Å². The van der Waals surface area contributed by atoms with E-state index in [0.717, 1.165) is 17.1 Å². The Morgan fingerprint density at radius 2 is 1.87 bits per heavy atom. The normalized spacial score (nSPS) is 10.9. The fourth-order valence-electron chi connectivity index (χ4n) is 1.61. The number of hydrogen-bond acceptors (Lipinski definition) is 2. The first-order valence-corrected chi connectivity index (χ1v) is 6.18. The van der Waals surface area contributed by atoms with Crippen LogP contribution < -0.4 is 0 Å². The van der Waals surface area contributed by atoms with Gasteiger partial charge < -0.3 is 4.57 Å². The fourth-order valence-corrected chi connectivity index (χ4v) is 1.87. The second-order valence-electron chi connectivity index (χ2n) is 4.03. The molecule has 1 rings (SSSR count). The van der Waals surface area contributed by atoms with Crippen LogP contribution in [0.1, 0.15) is 44.9 Å². The molecule has 0 spiro atoms. The van der Waals surface area contributed by atoms with Crippen LogP contribution in [0, 0.1) is 11.7 Å². The summed E-state index contributed by atoms with van der Waals surface area (Å²) in [6.07, 6.45) is 6.43. The summed E-state index contributed by atoms with van der Waals surface area (Å²) in [5.41, 5.74) is 0. The van der Waals surface area contributed by atoms with Gasteiger partial charge in [-0.1, -0.05) is 32.6 Å². The van der Waals surface area contributed by atoms with Crippen molar-refractivity contribution in [1.29, 1.82) is 0 Å². The Bertz CT molecular complexity index is 351. The smallest absolute Gasteiger partial charge is 0.197 e. The number of aryl methyl sites for hydroxylation is 2. The minimum absolute atomic E-state index is 0.836. The van der Waals surface area contributed by atoms with Crippen molar-refractivity contribution < 1.29 is 0 Å². The lowest BCUT2D eigenvalue weighted by atomic mass is 10.1. The molecule has 0 fully saturated rings. The zero-order valence-corrected chi connectivity index (χ0v) is 10.8. The lowest BCUT2D eigenvalue weighted by Crippen LogP contribution is -2.01. The molecule has 0 bridgehead atoms. The zero-order chi connectivity index (χ0) is 11.3. The third-order valence-corrected chi connectivity index (χ3v) is 3.22. The van der Waals surface area contributed by atoms with Gasteiger partial charge in [0.15, 0.2) is 4.77 Å². The second kappa shape index (κ2) is 6.05. The highest BCUT2D eigenvalue weighted by Gasteiger charge is 2.01. The minimum Gasteiger partial charge on any atom is -0.307 e. The molecule has 0 aliphatic heterocycles. The molecule has 0 aromatic carbocycles. The van der Waals surface area contributed by atoms with E-state index in [4.69, 9.17) is 12.2 Å². The van der Waals surface area contributed by atoms with E-state index in [0.29, 0.717) is 0 Å². The Kier molecular flexibility index (Phi) is 5.02. The van der Waals surface area contributed by atoms with E-state index in [2.05, 4.69) is 12.0 Å². The predicted molar refractivity (Wildman–Crippen MR) is 65.5 cm³/mol. The van der Waals surface area contributed by atoms with Crippen molar-refractivity contribution in [2.24, 2.45) is 7.05 Å². The summed E-state index contributed by atoms with van der Waals surface area (Å²) in [6.45, 7) is 5.19. The van der Waals surface area contributed by atoms with Gasteiger partial charge in [0.2, 0.25) is 0 Å². The zero-order valence-electron chi connectivity index (χ0n) is 9.99. The summed E-state index contributed by atoms with van der Waals surface area (Å²) < 4.78 is 4.74. The Morgan fingerprint density at radius 3 is 2.40 bits per heavy atom. The van der Waals surface area contributed by atoms with Gasteiger partial charge in [-0.25, -0.2) is 4.68 Å². The topological polar surface area (TPSA) is 22.8 Å². The quantitative estimate of drug-likeness (QED) is 0.550.